The van der Waals surface area contributed by atoms with Gasteiger partial charge in [-0.2, -0.15) is 0 Å². The van der Waals surface area contributed by atoms with E-state index in [1.54, 1.807) is 5.46 Å². The molecular weight excluding hydrogens is 1580 g/mol. The summed E-state index contributed by atoms with van der Waals surface area (Å²) in [5, 5.41) is 0. The second-order valence-electron chi connectivity index (χ2n) is 45.1. The number of para-hydroxylation sites is 8. The number of hydrogen-bond acceptors (Lipinski definition) is 9. The highest BCUT2D eigenvalue weighted by Gasteiger charge is 2.65. The third kappa shape index (κ3) is 10.6. The van der Waals surface area contributed by atoms with Crippen LogP contribution in [-0.4, -0.2) is 42.3 Å². The number of benzene rings is 13. The molecule has 22 aliphatic rings. The molecule has 13 aromatic rings. The van der Waals surface area contributed by atoms with Crippen molar-refractivity contribution in [3.05, 3.63) is 291 Å². The van der Waals surface area contributed by atoms with Crippen LogP contribution >= 0.6 is 0 Å². The Bertz CT molecular complexity index is 6260. The molecule has 0 amide bonds. The van der Waals surface area contributed by atoms with E-state index in [0.29, 0.717) is 71.0 Å². The van der Waals surface area contributed by atoms with Gasteiger partial charge in [-0.15, -0.1) is 0 Å². The molecule has 16 saturated carbocycles. The molecule has 636 valence electrons. The first-order valence-corrected chi connectivity index (χ1v) is 50.4. The van der Waals surface area contributed by atoms with Crippen molar-refractivity contribution in [3.8, 4) is 23.0 Å². The highest BCUT2D eigenvalue weighted by Crippen LogP contribution is 2.68. The second-order valence-corrected chi connectivity index (χ2v) is 45.1. The minimum absolute atomic E-state index is 0.111. The van der Waals surface area contributed by atoms with Gasteiger partial charge in [-0.1, -0.05) is 158 Å². The van der Waals surface area contributed by atoms with E-state index in [1.807, 2.05) is 0 Å². The van der Waals surface area contributed by atoms with E-state index >= 15 is 0 Å². The predicted molar refractivity (Wildman–Crippen MR) is 535 cm³/mol. The Balaban J connectivity index is 0.729. The summed E-state index contributed by atoms with van der Waals surface area (Å²) < 4.78 is 15.6. The monoisotopic (exact) mass is 1690 g/mol. The molecule has 13 aromatic carbocycles. The predicted octanol–water partition coefficient (Wildman–Crippen LogP) is 23.5. The van der Waals surface area contributed by atoms with Gasteiger partial charge in [0.2, 0.25) is 0 Å². The lowest BCUT2D eigenvalue weighted by atomic mass is 9.29. The summed E-state index contributed by atoms with van der Waals surface area (Å²) >= 11 is 0. The zero-order valence-electron chi connectivity index (χ0n) is 74.3. The smallest absolute Gasteiger partial charge is 0.256 e. The average Bonchev–Trinajstić information content (AvgIpc) is 0.663. The minimum Gasteiger partial charge on any atom is -0.458 e. The molecule has 0 unspecified atom stereocenters. The van der Waals surface area contributed by atoms with Crippen molar-refractivity contribution < 1.29 is 9.47 Å². The van der Waals surface area contributed by atoms with E-state index in [1.165, 1.54) is 260 Å². The molecule has 6 aliphatic heterocycles. The largest absolute Gasteiger partial charge is 0.458 e. The molecule has 9 nitrogen and oxygen atoms in total. The van der Waals surface area contributed by atoms with E-state index in [9.17, 15) is 0 Å². The quantitative estimate of drug-likeness (QED) is 0.105. The van der Waals surface area contributed by atoms with Gasteiger partial charge in [-0.05, 0) is 396 Å². The zero-order chi connectivity index (χ0) is 84.3. The SMILES string of the molecule is c1ccc(N(c2ccccc2)c2cc3c4c(c2)N(C25CC6CC(CC(C6)C2)C5)c2cc5c(cc2B4c2ccccc2O3)B2c3cc4c(cc3N(C36CC7CC(CC(C7)C3)C6)c3cc(N(c6ccccc6)c6ccccc6)cc(c32)N5C23CC5CC(CC(C5)C2)C3)N(C23CC5CC(CC(C5)C2)C3)c2cc(N(c3ccccc3)c3ccccc3)cc3c2B4c2ccccc2O3)cc1. The molecule has 35 rings (SSSR count). The fourth-order valence-electron chi connectivity index (χ4n) is 34.9. The van der Waals surface area contributed by atoms with Crippen LogP contribution in [0.15, 0.2) is 291 Å². The van der Waals surface area contributed by atoms with Gasteiger partial charge in [0.25, 0.3) is 20.1 Å². The number of hydrogen-bond donors (Lipinski definition) is 0. The molecule has 0 saturated heterocycles. The van der Waals surface area contributed by atoms with Gasteiger partial charge in [0.05, 0.1) is 17.1 Å². The highest BCUT2D eigenvalue weighted by molar-refractivity contribution is 7.04. The maximum absolute atomic E-state index is 7.80. The van der Waals surface area contributed by atoms with Crippen LogP contribution in [0.5, 0.6) is 23.0 Å². The van der Waals surface area contributed by atoms with Crippen LogP contribution in [0.1, 0.15) is 154 Å². The minimum atomic E-state index is -0.148. The topological polar surface area (TPSA) is 41.1 Å². The third-order valence-electron chi connectivity index (χ3n) is 37.4. The maximum Gasteiger partial charge on any atom is 0.256 e. The summed E-state index contributed by atoms with van der Waals surface area (Å²) in [4.78, 5) is 20.6. The maximum atomic E-state index is 7.80. The van der Waals surface area contributed by atoms with Crippen molar-refractivity contribution in [3.63, 3.8) is 0 Å². The van der Waals surface area contributed by atoms with Gasteiger partial charge in [-0.25, -0.2) is 0 Å². The Morgan fingerprint density at radius 1 is 0.192 bits per heavy atom. The van der Waals surface area contributed by atoms with Crippen molar-refractivity contribution in [2.75, 3.05) is 34.3 Å². The van der Waals surface area contributed by atoms with Crippen LogP contribution in [0.4, 0.5) is 96.7 Å². The van der Waals surface area contributed by atoms with Crippen molar-refractivity contribution in [2.24, 2.45) is 71.0 Å². The van der Waals surface area contributed by atoms with Crippen LogP contribution in [0.2, 0.25) is 0 Å². The first-order chi connectivity index (χ1) is 64.1. The van der Waals surface area contributed by atoms with E-state index in [-0.39, 0.29) is 42.3 Å². The van der Waals surface area contributed by atoms with E-state index < -0.39 is 0 Å². The van der Waals surface area contributed by atoms with E-state index in [4.69, 9.17) is 9.47 Å². The summed E-state index contributed by atoms with van der Waals surface area (Å²) in [5.41, 5.74) is 34.2. The highest BCUT2D eigenvalue weighted by atomic mass is 16.5. The number of nitrogens with zero attached hydrogens (tertiary/aromatic N) is 7. The van der Waals surface area contributed by atoms with Crippen molar-refractivity contribution in [1.82, 2.24) is 0 Å². The number of rotatable bonds is 13. The zero-order valence-corrected chi connectivity index (χ0v) is 74.3. The Hall–Kier alpha value is -11.7. The standard InChI is InChI=1S/C118H108B3N7O2/c1-7-23-85(24-8-1)122(86-25-9-2-10-26-86)91-51-104-112-105(52-91)126(116-64-76-42-77(65-116)44-78(43-76)66-116)103-60-101-97(120-95-36-20-22-38-109(95)130-111-56-93(124(89-31-15-5-16-32-89)90-33-17-6-18-34-90)54-107(114(111)120)128(101)118-70-82-48-83(71-118)50-84(49-82)72-118)58-99(103)121(112)98-57-96-100(59-102(98)125(104)115-61-73-39-74(62-115)41-75(40-73)63-115)127(117-67-79-45-80(68-117)47-81(46-79)69-117)106-53-92(55-110-113(106)119(96)94-35-19-21-37-108(94)129-110)123(87-27-11-3-12-28-87)88-29-13-4-14-30-88/h1-38,51-60,73-84H,39-50,61-72H2. The lowest BCUT2D eigenvalue weighted by molar-refractivity contribution is 0.000234. The molecule has 16 fully saturated rings. The first-order valence-electron chi connectivity index (χ1n) is 50.4. The summed E-state index contributed by atoms with van der Waals surface area (Å²) in [6, 6.07) is 115. The van der Waals surface area contributed by atoms with Gasteiger partial charge in [0, 0.05) is 114 Å². The number of ether oxygens (including phenoxy) is 2. The van der Waals surface area contributed by atoms with Gasteiger partial charge in [0.15, 0.2) is 0 Å². The Morgan fingerprint density at radius 2 is 0.400 bits per heavy atom. The normalized spacial score (nSPS) is 30.0. The molecular formula is C118H108B3N7O2. The third-order valence-corrected chi connectivity index (χ3v) is 37.4. The van der Waals surface area contributed by atoms with Gasteiger partial charge in [-0.3, -0.25) is 0 Å². The fraction of sp³-hybridized carbons (Fsp3) is 0.339. The summed E-state index contributed by atoms with van der Waals surface area (Å²) in [5.74, 6) is 12.2. The van der Waals surface area contributed by atoms with Gasteiger partial charge >= 0.3 is 0 Å². The Morgan fingerprint density at radius 3 is 0.646 bits per heavy atom. The second kappa shape index (κ2) is 27.0. The molecule has 0 N–H and O–H groups in total. The van der Waals surface area contributed by atoms with Crippen LogP contribution < -0.4 is 92.9 Å². The molecule has 0 aromatic heterocycles. The van der Waals surface area contributed by atoms with Crippen molar-refractivity contribution >= 4 is 166 Å². The van der Waals surface area contributed by atoms with Crippen LogP contribution in [0.3, 0.4) is 0 Å². The number of fused-ring (bicyclic) bond motifs is 12. The molecule has 0 radical (unpaired) electrons. The summed E-state index contributed by atoms with van der Waals surface area (Å²) in [6.07, 6.45) is 31.0. The van der Waals surface area contributed by atoms with Crippen molar-refractivity contribution in [1.29, 1.82) is 0 Å². The summed E-state index contributed by atoms with van der Waals surface area (Å²) in [6.45, 7) is -0.370. The molecule has 130 heavy (non-hydrogen) atoms. The molecule has 16 aliphatic carbocycles. The number of anilines is 17. The summed E-state index contributed by atoms with van der Waals surface area (Å²) in [7, 11) is 0. The Labute approximate surface area is 766 Å². The lowest BCUT2D eigenvalue weighted by Gasteiger charge is -2.65. The molecule has 0 atom stereocenters. The van der Waals surface area contributed by atoms with Crippen LogP contribution in [-0.2, 0) is 0 Å². The molecule has 12 heteroatoms. The molecule has 6 heterocycles. The average molecular weight is 1690 g/mol. The Kier molecular flexibility index (Phi) is 15.4. The molecule has 0 spiro atoms. The first kappa shape index (κ1) is 74.0. The van der Waals surface area contributed by atoms with Crippen LogP contribution in [0, 0.1) is 71.0 Å². The van der Waals surface area contributed by atoms with Gasteiger partial charge in [0.1, 0.15) is 23.0 Å². The molecule has 16 bridgehead atoms. The van der Waals surface area contributed by atoms with Gasteiger partial charge < -0.3 is 43.8 Å². The van der Waals surface area contributed by atoms with Crippen molar-refractivity contribution in [2.45, 2.75) is 176 Å². The van der Waals surface area contributed by atoms with E-state index in [0.717, 1.165) is 57.1 Å². The van der Waals surface area contributed by atoms with E-state index in [2.05, 4.69) is 325 Å². The van der Waals surface area contributed by atoms with Crippen LogP contribution in [0.25, 0.3) is 0 Å². The fourth-order valence-corrected chi connectivity index (χ4v) is 34.9. The lowest BCUT2D eigenvalue weighted by Crippen LogP contribution is -2.72.